The van der Waals surface area contributed by atoms with E-state index in [9.17, 15) is 29.4 Å². The van der Waals surface area contributed by atoms with Crippen LogP contribution in [0.3, 0.4) is 0 Å². The minimum absolute atomic E-state index is 0.0534. The number of carbonyl (C=O) groups is 4. The van der Waals surface area contributed by atoms with Gasteiger partial charge in [-0.25, -0.2) is 4.79 Å². The van der Waals surface area contributed by atoms with Crippen molar-refractivity contribution in [1.29, 1.82) is 0 Å². The molecule has 11 atom stereocenters. The van der Waals surface area contributed by atoms with Gasteiger partial charge in [-0.05, 0) is 18.9 Å². The van der Waals surface area contributed by atoms with Crippen LogP contribution >= 0.6 is 0 Å². The molecule has 0 radical (unpaired) electrons. The zero-order chi connectivity index (χ0) is 31.9. The number of methoxy groups -OCH3 is 1. The van der Waals surface area contributed by atoms with Gasteiger partial charge in [0.25, 0.3) is 0 Å². The van der Waals surface area contributed by atoms with Crippen molar-refractivity contribution >= 4 is 23.7 Å². The molecule has 236 valence electrons. The third-order valence-electron chi connectivity index (χ3n) is 11.3. The summed E-state index contributed by atoms with van der Waals surface area (Å²) in [7, 11) is 1.14. The number of rotatable bonds is 6. The number of hydrogen-bond acceptors (Lipinski definition) is 11. The highest BCUT2D eigenvalue weighted by molar-refractivity contribution is 6.02. The molecule has 2 N–H and O–H groups in total. The van der Waals surface area contributed by atoms with Crippen LogP contribution in [0.5, 0.6) is 0 Å². The van der Waals surface area contributed by atoms with E-state index < -0.39 is 88.0 Å². The molecule has 3 aliphatic heterocycles. The van der Waals surface area contributed by atoms with E-state index in [0.717, 1.165) is 7.11 Å². The van der Waals surface area contributed by atoms with Crippen LogP contribution in [0, 0.1) is 34.0 Å². The van der Waals surface area contributed by atoms with Crippen LogP contribution in [-0.2, 0) is 38.1 Å². The van der Waals surface area contributed by atoms with Gasteiger partial charge in [-0.2, -0.15) is 0 Å². The smallest absolute Gasteiger partial charge is 0.335 e. The molecule has 2 aliphatic carbocycles. The number of esters is 3. The molecular weight excluding hydrogens is 560 g/mol. The molecule has 6 rings (SSSR count). The van der Waals surface area contributed by atoms with Crippen molar-refractivity contribution in [3.8, 4) is 0 Å². The SMILES string of the molecule is C=C1C(=O)C2C[C@@]3(C)[C@H](c4ccoc4)OC(=O)C[C@]13O[C@H]1[C@@H](OC(=O)C(C)CC)[C@@H](O)C(C)(C)[C@H]([C@H](O)C(=O)OC)[C@@]21C. The van der Waals surface area contributed by atoms with E-state index in [4.69, 9.17) is 23.4 Å². The standard InChI is InChI=1S/C32H42O11/c1-9-15(2)27(37)42-22-24(36)29(4,5)23(21(35)28(38)39-8)31(7)18-12-30(6)25(17-10-11-40-14-17)41-19(33)13-32(30,43-26(22)31)16(3)20(18)34/h10-11,14-15,18,21-26,35-36H,3,9,12-13H2,1-2,4-8H3/t15?,18?,21-,22-,23-,24+,25-,26-,30-,31+,32-/m0/s1. The second-order valence-electron chi connectivity index (χ2n) is 13.8. The third kappa shape index (κ3) is 4.10. The van der Waals surface area contributed by atoms with E-state index in [-0.39, 0.29) is 24.2 Å². The topological polar surface area (TPSA) is 159 Å². The van der Waals surface area contributed by atoms with E-state index in [1.807, 2.05) is 13.8 Å². The summed E-state index contributed by atoms with van der Waals surface area (Å²) in [6, 6.07) is 1.67. The number of ketones is 1. The Bertz CT molecular complexity index is 1330. The number of ether oxygens (including phenoxy) is 4. The van der Waals surface area contributed by atoms with E-state index in [2.05, 4.69) is 6.58 Å². The minimum atomic E-state index is -1.77. The second kappa shape index (κ2) is 10.3. The largest absolute Gasteiger partial charge is 0.472 e. The number of furan rings is 1. The summed E-state index contributed by atoms with van der Waals surface area (Å²) in [5.41, 5.74) is -4.81. The Kier molecular flexibility index (Phi) is 7.50. The van der Waals surface area contributed by atoms with Gasteiger partial charge in [-0.15, -0.1) is 0 Å². The lowest BCUT2D eigenvalue weighted by Crippen LogP contribution is -2.70. The second-order valence-corrected chi connectivity index (χ2v) is 13.8. The molecular formula is C32H42O11. The fourth-order valence-electron chi connectivity index (χ4n) is 8.66. The van der Waals surface area contributed by atoms with Gasteiger partial charge >= 0.3 is 17.9 Å². The molecule has 4 heterocycles. The predicted octanol–water partition coefficient (Wildman–Crippen LogP) is 3.07. The van der Waals surface area contributed by atoms with Crippen molar-refractivity contribution in [2.75, 3.05) is 7.11 Å². The fraction of sp³-hybridized carbons (Fsp3) is 0.688. The first-order valence-electron chi connectivity index (χ1n) is 14.8. The Morgan fingerprint density at radius 1 is 1.19 bits per heavy atom. The van der Waals surface area contributed by atoms with Crippen molar-refractivity contribution in [3.05, 3.63) is 36.3 Å². The van der Waals surface area contributed by atoms with Gasteiger partial charge in [0.2, 0.25) is 0 Å². The zero-order valence-electron chi connectivity index (χ0n) is 25.7. The highest BCUT2D eigenvalue weighted by Gasteiger charge is 2.78. The molecule has 2 bridgehead atoms. The normalized spacial score (nSPS) is 41.3. The number of hydrogen-bond donors (Lipinski definition) is 2. The van der Waals surface area contributed by atoms with Crippen LogP contribution in [0.15, 0.2) is 35.2 Å². The van der Waals surface area contributed by atoms with Crippen molar-refractivity contribution < 1.29 is 52.8 Å². The molecule has 5 fully saturated rings. The van der Waals surface area contributed by atoms with Crippen molar-refractivity contribution in [2.24, 2.45) is 34.0 Å². The van der Waals surface area contributed by atoms with Gasteiger partial charge in [0.1, 0.15) is 17.8 Å². The first-order valence-corrected chi connectivity index (χ1v) is 14.8. The summed E-state index contributed by atoms with van der Waals surface area (Å²) >= 11 is 0. The number of carbonyl (C=O) groups excluding carboxylic acids is 4. The van der Waals surface area contributed by atoms with Crippen LogP contribution in [0.25, 0.3) is 0 Å². The maximum atomic E-state index is 14.4. The Morgan fingerprint density at radius 2 is 1.86 bits per heavy atom. The minimum Gasteiger partial charge on any atom is -0.472 e. The Labute approximate surface area is 250 Å². The lowest BCUT2D eigenvalue weighted by atomic mass is 9.44. The number of aliphatic hydroxyl groups excluding tert-OH is 2. The van der Waals surface area contributed by atoms with E-state index in [1.54, 1.807) is 33.8 Å². The molecule has 11 nitrogen and oxygen atoms in total. The lowest BCUT2D eigenvalue weighted by molar-refractivity contribution is -0.289. The van der Waals surface area contributed by atoms with Gasteiger partial charge in [0, 0.05) is 39.2 Å². The molecule has 2 saturated carbocycles. The Balaban J connectivity index is 1.79. The molecule has 43 heavy (non-hydrogen) atoms. The molecule has 5 aliphatic rings. The molecule has 3 saturated heterocycles. The van der Waals surface area contributed by atoms with E-state index in [0.29, 0.717) is 12.0 Å². The summed E-state index contributed by atoms with van der Waals surface area (Å²) < 4.78 is 29.2. The van der Waals surface area contributed by atoms with Crippen LogP contribution in [0.2, 0.25) is 0 Å². The summed E-state index contributed by atoms with van der Waals surface area (Å²) in [5, 5.41) is 23.5. The van der Waals surface area contributed by atoms with Crippen LogP contribution in [0.1, 0.15) is 72.5 Å². The maximum absolute atomic E-state index is 14.4. The number of Topliss-reactive ketones (excluding diaryl/α,β-unsaturated/α-hetero) is 1. The van der Waals surface area contributed by atoms with Gasteiger partial charge in [-0.1, -0.05) is 48.1 Å². The lowest BCUT2D eigenvalue weighted by Gasteiger charge is -2.60. The van der Waals surface area contributed by atoms with E-state index in [1.165, 1.54) is 12.5 Å². The highest BCUT2D eigenvalue weighted by Crippen LogP contribution is 2.71. The molecule has 1 spiro atoms. The van der Waals surface area contributed by atoms with Gasteiger partial charge in [0.05, 0.1) is 38.1 Å². The highest BCUT2D eigenvalue weighted by atomic mass is 16.6. The van der Waals surface area contributed by atoms with Crippen LogP contribution < -0.4 is 0 Å². The summed E-state index contributed by atoms with van der Waals surface area (Å²) in [5.74, 6) is -5.09. The summed E-state index contributed by atoms with van der Waals surface area (Å²) in [4.78, 5) is 53.9. The monoisotopic (exact) mass is 602 g/mol. The molecule has 0 amide bonds. The molecule has 11 heteroatoms. The molecule has 1 aromatic heterocycles. The molecule has 2 unspecified atom stereocenters. The Hall–Kier alpha value is -3.02. The maximum Gasteiger partial charge on any atom is 0.335 e. The third-order valence-corrected chi connectivity index (χ3v) is 11.3. The van der Waals surface area contributed by atoms with Gasteiger partial charge in [-0.3, -0.25) is 14.4 Å². The number of fused-ring (bicyclic) bond motifs is 1. The van der Waals surface area contributed by atoms with Gasteiger partial charge < -0.3 is 33.6 Å². The predicted molar refractivity (Wildman–Crippen MR) is 149 cm³/mol. The fourth-order valence-corrected chi connectivity index (χ4v) is 8.66. The summed E-state index contributed by atoms with van der Waals surface area (Å²) in [6.45, 7) is 14.6. The molecule has 1 aromatic rings. The number of cyclic esters (lactones) is 1. The average Bonchev–Trinajstić information content (AvgIpc) is 3.46. The summed E-state index contributed by atoms with van der Waals surface area (Å²) in [6.07, 6.45) is -3.49. The van der Waals surface area contributed by atoms with Crippen LogP contribution in [0.4, 0.5) is 0 Å². The average molecular weight is 603 g/mol. The Morgan fingerprint density at radius 3 is 2.44 bits per heavy atom. The first-order chi connectivity index (χ1) is 20.0. The quantitative estimate of drug-likeness (QED) is 0.280. The van der Waals surface area contributed by atoms with Gasteiger partial charge in [0.15, 0.2) is 18.0 Å². The van der Waals surface area contributed by atoms with Crippen molar-refractivity contribution in [2.45, 2.75) is 96.9 Å². The van der Waals surface area contributed by atoms with E-state index >= 15 is 0 Å². The van der Waals surface area contributed by atoms with Crippen molar-refractivity contribution in [1.82, 2.24) is 0 Å². The van der Waals surface area contributed by atoms with Crippen LogP contribution in [-0.4, -0.2) is 71.0 Å². The molecule has 0 aromatic carbocycles. The zero-order valence-corrected chi connectivity index (χ0v) is 25.7. The van der Waals surface area contributed by atoms with Crippen molar-refractivity contribution in [3.63, 3.8) is 0 Å². The number of aliphatic hydroxyl groups is 2. The first kappa shape index (κ1) is 31.4.